The summed E-state index contributed by atoms with van der Waals surface area (Å²) in [4.78, 5) is 73.6. The molecule has 0 aromatic carbocycles. The Balaban J connectivity index is 0.000000177. The Bertz CT molecular complexity index is 2480. The van der Waals surface area contributed by atoms with Crippen LogP contribution < -0.4 is 32.7 Å². The summed E-state index contributed by atoms with van der Waals surface area (Å²) in [5.74, 6) is -1.32. The van der Waals surface area contributed by atoms with E-state index in [0.717, 1.165) is 11.1 Å². The number of fused-ring (bicyclic) bond motifs is 2. The van der Waals surface area contributed by atoms with E-state index in [-0.39, 0.29) is 48.1 Å². The van der Waals surface area contributed by atoms with Gasteiger partial charge in [0.25, 0.3) is 11.8 Å². The summed E-state index contributed by atoms with van der Waals surface area (Å²) in [6.45, 7) is 3.62. The summed E-state index contributed by atoms with van der Waals surface area (Å²) in [7, 11) is 3.10. The fourth-order valence-electron chi connectivity index (χ4n) is 6.36. The molecule has 8 N–H and O–H groups in total. The molecule has 6 aromatic heterocycles. The van der Waals surface area contributed by atoms with Crippen molar-refractivity contribution in [3.05, 3.63) is 83.7 Å². The van der Waals surface area contributed by atoms with Crippen LogP contribution in [0.5, 0.6) is 0 Å². The zero-order valence-electron chi connectivity index (χ0n) is 31.7. The van der Waals surface area contributed by atoms with Crippen LogP contribution in [0.4, 0.5) is 32.1 Å². The fourth-order valence-corrected chi connectivity index (χ4v) is 6.36. The maximum absolute atomic E-state index is 13.1. The predicted molar refractivity (Wildman–Crippen MR) is 214 cm³/mol. The van der Waals surface area contributed by atoms with E-state index in [1.54, 1.807) is 50.8 Å². The van der Waals surface area contributed by atoms with Gasteiger partial charge in [0.15, 0.2) is 0 Å². The summed E-state index contributed by atoms with van der Waals surface area (Å²) in [5.41, 5.74) is 17.0. The molecule has 6 heterocycles. The number of pyridine rings is 6. The maximum atomic E-state index is 13.1. The Hall–Kier alpha value is -7.24. The van der Waals surface area contributed by atoms with Crippen molar-refractivity contribution in [3.63, 3.8) is 0 Å². The van der Waals surface area contributed by atoms with E-state index in [9.17, 15) is 28.0 Å². The van der Waals surface area contributed by atoms with Gasteiger partial charge in [-0.15, -0.1) is 0 Å². The molecule has 18 heteroatoms. The number of nitrogen functional groups attached to an aromatic ring is 2. The van der Waals surface area contributed by atoms with E-state index in [4.69, 9.17) is 11.5 Å². The highest BCUT2D eigenvalue weighted by atomic mass is 19.1. The van der Waals surface area contributed by atoms with Gasteiger partial charge in [-0.25, -0.2) is 28.7 Å². The minimum Gasteiger partial charge on any atom is -0.383 e. The SMILES string of the molecule is CNC(=O)c1cncc(-c2cc3cc(NC(=O)[C@@H]4C[C@@H]4F)ncc3c(N)n2)c1C.CNC(=O)c1cncc(-c2cc3cc(NC(=O)[C@H]4C[C@H]4F)ncc3c(N)n2)c1C. The third-order valence-corrected chi connectivity index (χ3v) is 10.0. The van der Waals surface area contributed by atoms with Crippen LogP contribution in [-0.4, -0.2) is 80.0 Å². The summed E-state index contributed by atoms with van der Waals surface area (Å²) >= 11 is 0. The minimum absolute atomic E-state index is 0.244. The number of nitrogens with zero attached hydrogens (tertiary/aromatic N) is 6. The van der Waals surface area contributed by atoms with Crippen LogP contribution in [0.15, 0.2) is 61.4 Å². The lowest BCUT2D eigenvalue weighted by molar-refractivity contribution is -0.118. The van der Waals surface area contributed by atoms with E-state index >= 15 is 0 Å². The van der Waals surface area contributed by atoms with Gasteiger partial charge in [-0.3, -0.25) is 29.1 Å². The van der Waals surface area contributed by atoms with Crippen molar-refractivity contribution in [2.45, 2.75) is 39.0 Å². The molecule has 0 bridgehead atoms. The molecule has 8 rings (SSSR count). The van der Waals surface area contributed by atoms with Gasteiger partial charge in [0, 0.05) is 73.2 Å². The third-order valence-electron chi connectivity index (χ3n) is 10.0. The highest BCUT2D eigenvalue weighted by Gasteiger charge is 2.44. The first-order valence-electron chi connectivity index (χ1n) is 18.1. The van der Waals surface area contributed by atoms with Gasteiger partial charge < -0.3 is 32.7 Å². The smallest absolute Gasteiger partial charge is 0.252 e. The number of nitrogens with one attached hydrogen (secondary N) is 4. The van der Waals surface area contributed by atoms with Crippen molar-refractivity contribution in [1.29, 1.82) is 0 Å². The molecule has 0 unspecified atom stereocenters. The number of hydrogen-bond acceptors (Lipinski definition) is 12. The first kappa shape index (κ1) is 39.0. The molecular formula is C40H38F2N12O4. The first-order chi connectivity index (χ1) is 27.8. The second-order valence-electron chi connectivity index (χ2n) is 13.9. The van der Waals surface area contributed by atoms with Crippen LogP contribution in [-0.2, 0) is 9.59 Å². The Morgan fingerprint density at radius 2 is 1.00 bits per heavy atom. The Labute approximate surface area is 329 Å². The highest BCUT2D eigenvalue weighted by molar-refractivity contribution is 6.02. The largest absolute Gasteiger partial charge is 0.383 e. The number of hydrogen-bond donors (Lipinski definition) is 6. The van der Waals surface area contributed by atoms with Gasteiger partial charge in [-0.2, -0.15) is 0 Å². The molecule has 2 aliphatic rings. The average molecular weight is 789 g/mol. The van der Waals surface area contributed by atoms with E-state index in [1.807, 2.05) is 13.8 Å². The van der Waals surface area contributed by atoms with Crippen LogP contribution in [0, 0.1) is 25.7 Å². The van der Waals surface area contributed by atoms with Gasteiger partial charge in [-0.1, -0.05) is 0 Å². The zero-order valence-corrected chi connectivity index (χ0v) is 31.7. The van der Waals surface area contributed by atoms with Crippen LogP contribution in [0.3, 0.4) is 0 Å². The van der Waals surface area contributed by atoms with Crippen molar-refractivity contribution >= 4 is 68.4 Å². The third kappa shape index (κ3) is 7.89. The fraction of sp³-hybridized carbons (Fsp3) is 0.250. The molecule has 0 radical (unpaired) electrons. The number of carbonyl (C=O) groups excluding carboxylic acids is 4. The number of nitrogens with two attached hydrogens (primary N) is 2. The topological polar surface area (TPSA) is 246 Å². The second-order valence-corrected chi connectivity index (χ2v) is 13.9. The number of aromatic nitrogens is 6. The number of halogens is 2. The van der Waals surface area contributed by atoms with E-state index in [0.29, 0.717) is 66.8 Å². The van der Waals surface area contributed by atoms with Gasteiger partial charge in [0.1, 0.15) is 35.6 Å². The molecule has 0 saturated heterocycles. The quantitative estimate of drug-likeness (QED) is 0.125. The van der Waals surface area contributed by atoms with E-state index in [2.05, 4.69) is 51.2 Å². The van der Waals surface area contributed by atoms with Crippen LogP contribution in [0.25, 0.3) is 44.1 Å². The molecule has 2 saturated carbocycles. The summed E-state index contributed by atoms with van der Waals surface area (Å²) in [6, 6.07) is 6.90. The lowest BCUT2D eigenvalue weighted by atomic mass is 10.0. The van der Waals surface area contributed by atoms with Crippen molar-refractivity contribution in [2.75, 3.05) is 36.2 Å². The van der Waals surface area contributed by atoms with Crippen LogP contribution >= 0.6 is 0 Å². The standard InChI is InChI=1S/2C20H19FN6O2/c2*1-9-12(6-24-7-13(9)19(28)23-2)16-3-10-4-17(25-8-14(10)18(22)26-16)27-20(29)11-5-15(11)21/h2*3-4,6-8,11,15H,5H2,1-2H3,(H2,22,26)(H,23,28)(H,25,27,29)/t2*11-,15+/m10/s1. The molecule has 296 valence electrons. The number of carbonyl (C=O) groups is 4. The number of rotatable bonds is 8. The van der Waals surface area contributed by atoms with Crippen LogP contribution in [0.1, 0.15) is 44.7 Å². The van der Waals surface area contributed by atoms with Gasteiger partial charge in [0.2, 0.25) is 11.8 Å². The second kappa shape index (κ2) is 15.7. The first-order valence-corrected chi connectivity index (χ1v) is 18.1. The predicted octanol–water partition coefficient (Wildman–Crippen LogP) is 4.48. The van der Waals surface area contributed by atoms with E-state index < -0.39 is 24.2 Å². The lowest BCUT2D eigenvalue weighted by Crippen LogP contribution is -2.19. The van der Waals surface area contributed by atoms with Crippen LogP contribution in [0.2, 0.25) is 0 Å². The van der Waals surface area contributed by atoms with Crippen molar-refractivity contribution in [3.8, 4) is 22.5 Å². The molecule has 6 aromatic rings. The number of amides is 4. The molecule has 4 amide bonds. The van der Waals surface area contributed by atoms with Crippen molar-refractivity contribution in [2.24, 2.45) is 11.8 Å². The number of alkyl halides is 2. The molecule has 58 heavy (non-hydrogen) atoms. The van der Waals surface area contributed by atoms with Gasteiger partial charge >= 0.3 is 0 Å². The van der Waals surface area contributed by atoms with Crippen molar-refractivity contribution < 1.29 is 28.0 Å². The lowest BCUT2D eigenvalue weighted by Gasteiger charge is -2.12. The van der Waals surface area contributed by atoms with Crippen molar-refractivity contribution in [1.82, 2.24) is 40.5 Å². The maximum Gasteiger partial charge on any atom is 0.252 e. The molecule has 2 fully saturated rings. The normalized spacial score (nSPS) is 17.8. The molecule has 0 aliphatic heterocycles. The molecule has 4 atom stereocenters. The minimum atomic E-state index is -1.08. The van der Waals surface area contributed by atoms with Gasteiger partial charge in [-0.05, 0) is 72.9 Å². The Morgan fingerprint density at radius 3 is 1.34 bits per heavy atom. The van der Waals surface area contributed by atoms with Gasteiger partial charge in [0.05, 0.1) is 34.4 Å². The van der Waals surface area contributed by atoms with E-state index in [1.165, 1.54) is 24.8 Å². The summed E-state index contributed by atoms with van der Waals surface area (Å²) in [6.07, 6.45) is 7.59. The highest BCUT2D eigenvalue weighted by Crippen LogP contribution is 2.36. The Morgan fingerprint density at radius 1 is 0.621 bits per heavy atom. The molecule has 2 aliphatic carbocycles. The molecular weight excluding hydrogens is 751 g/mol. The zero-order chi connectivity index (χ0) is 41.4. The molecule has 16 nitrogen and oxygen atoms in total. The molecule has 0 spiro atoms. The summed E-state index contributed by atoms with van der Waals surface area (Å²) < 4.78 is 26.2. The number of anilines is 4. The monoisotopic (exact) mass is 788 g/mol. The average Bonchev–Trinajstić information content (AvgIpc) is 4.14. The Kier molecular flexibility index (Phi) is 10.6. The summed E-state index contributed by atoms with van der Waals surface area (Å²) in [5, 5.41) is 13.1.